The molecule has 0 aromatic heterocycles. The van der Waals surface area contributed by atoms with Gasteiger partial charge in [-0.3, -0.25) is 9.59 Å². The first-order valence-corrected chi connectivity index (χ1v) is 7.56. The molecule has 120 valence electrons. The third-order valence-electron chi connectivity index (χ3n) is 3.63. The number of para-hydroxylation sites is 1. The van der Waals surface area contributed by atoms with Gasteiger partial charge in [0.05, 0.1) is 11.5 Å². The van der Waals surface area contributed by atoms with E-state index >= 15 is 0 Å². The van der Waals surface area contributed by atoms with E-state index in [0.717, 1.165) is 5.56 Å². The van der Waals surface area contributed by atoms with Gasteiger partial charge in [-0.1, -0.05) is 42.8 Å². The lowest BCUT2D eigenvalue weighted by Crippen LogP contribution is -2.45. The maximum Gasteiger partial charge on any atom is 0.276 e. The molecule has 0 aliphatic carbocycles. The van der Waals surface area contributed by atoms with Crippen LogP contribution in [-0.2, 0) is 4.79 Å². The van der Waals surface area contributed by atoms with Crippen molar-refractivity contribution in [2.24, 2.45) is 5.84 Å². The molecule has 2 rings (SSSR count). The van der Waals surface area contributed by atoms with Crippen LogP contribution in [0.1, 0.15) is 35.2 Å². The molecule has 0 aliphatic rings. The number of hydrogen-bond donors (Lipinski definition) is 2. The minimum Gasteiger partial charge on any atom is -0.398 e. The first-order chi connectivity index (χ1) is 11.0. The van der Waals surface area contributed by atoms with Gasteiger partial charge in [-0.15, -0.1) is 0 Å². The van der Waals surface area contributed by atoms with Crippen LogP contribution < -0.4 is 11.6 Å². The van der Waals surface area contributed by atoms with Crippen LogP contribution in [0, 0.1) is 0 Å². The molecule has 2 aromatic rings. The zero-order valence-corrected chi connectivity index (χ0v) is 13.5. The van der Waals surface area contributed by atoms with E-state index in [1.54, 1.807) is 42.5 Å². The SMILES string of the molecule is CCC(C(=O)N(N)C(=O)c1ccccc1N)c1ccc(Cl)cc1. The van der Waals surface area contributed by atoms with E-state index in [0.29, 0.717) is 16.5 Å². The van der Waals surface area contributed by atoms with Crippen LogP contribution in [0.2, 0.25) is 5.02 Å². The van der Waals surface area contributed by atoms with Crippen molar-refractivity contribution in [3.05, 3.63) is 64.7 Å². The Kier molecular flexibility index (Phi) is 5.36. The average Bonchev–Trinajstić information content (AvgIpc) is 2.56. The predicted molar refractivity (Wildman–Crippen MR) is 90.7 cm³/mol. The molecule has 0 saturated heterocycles. The van der Waals surface area contributed by atoms with Crippen molar-refractivity contribution in [2.45, 2.75) is 19.3 Å². The summed E-state index contributed by atoms with van der Waals surface area (Å²) in [4.78, 5) is 25.0. The second-order valence-corrected chi connectivity index (χ2v) is 5.55. The molecular formula is C17H18ClN3O2. The number of carbonyl (C=O) groups is 2. The van der Waals surface area contributed by atoms with E-state index in [1.165, 1.54) is 6.07 Å². The summed E-state index contributed by atoms with van der Waals surface area (Å²) in [5.41, 5.74) is 7.00. The van der Waals surface area contributed by atoms with Crippen molar-refractivity contribution in [1.82, 2.24) is 5.01 Å². The van der Waals surface area contributed by atoms with Gasteiger partial charge in [0, 0.05) is 10.7 Å². The number of imide groups is 1. The zero-order valence-electron chi connectivity index (χ0n) is 12.7. The number of amides is 2. The van der Waals surface area contributed by atoms with Crippen molar-refractivity contribution >= 4 is 29.1 Å². The molecule has 0 aliphatic heterocycles. The van der Waals surface area contributed by atoms with Gasteiger partial charge >= 0.3 is 0 Å². The zero-order chi connectivity index (χ0) is 17.0. The van der Waals surface area contributed by atoms with E-state index in [2.05, 4.69) is 0 Å². The van der Waals surface area contributed by atoms with Gasteiger partial charge in [0.15, 0.2) is 0 Å². The third-order valence-corrected chi connectivity index (χ3v) is 3.88. The van der Waals surface area contributed by atoms with Crippen LogP contribution in [0.3, 0.4) is 0 Å². The summed E-state index contributed by atoms with van der Waals surface area (Å²) in [5, 5.41) is 1.21. The van der Waals surface area contributed by atoms with Crippen molar-refractivity contribution in [3.63, 3.8) is 0 Å². The second-order valence-electron chi connectivity index (χ2n) is 5.11. The van der Waals surface area contributed by atoms with Gasteiger partial charge in [-0.2, -0.15) is 0 Å². The van der Waals surface area contributed by atoms with E-state index in [4.69, 9.17) is 23.2 Å². The van der Waals surface area contributed by atoms with Gasteiger partial charge in [0.1, 0.15) is 0 Å². The normalized spacial score (nSPS) is 11.8. The van der Waals surface area contributed by atoms with Crippen LogP contribution in [-0.4, -0.2) is 16.8 Å². The number of halogens is 1. The molecule has 0 spiro atoms. The molecule has 4 N–H and O–H groups in total. The summed E-state index contributed by atoms with van der Waals surface area (Å²) in [5.74, 6) is 4.13. The molecular weight excluding hydrogens is 314 g/mol. The Balaban J connectivity index is 2.25. The minimum atomic E-state index is -0.625. The number of carbonyl (C=O) groups excluding carboxylic acids is 2. The van der Waals surface area contributed by atoms with E-state index in [-0.39, 0.29) is 11.3 Å². The fourth-order valence-corrected chi connectivity index (χ4v) is 2.46. The lowest BCUT2D eigenvalue weighted by atomic mass is 9.95. The van der Waals surface area contributed by atoms with E-state index in [9.17, 15) is 9.59 Å². The number of nitrogens with two attached hydrogens (primary N) is 2. The van der Waals surface area contributed by atoms with Gasteiger partial charge in [-0.05, 0) is 36.2 Å². The molecule has 0 bridgehead atoms. The van der Waals surface area contributed by atoms with Crippen molar-refractivity contribution in [2.75, 3.05) is 5.73 Å². The minimum absolute atomic E-state index is 0.203. The summed E-state index contributed by atoms with van der Waals surface area (Å²) in [7, 11) is 0. The van der Waals surface area contributed by atoms with Crippen LogP contribution >= 0.6 is 11.6 Å². The Morgan fingerprint density at radius 3 is 2.30 bits per heavy atom. The molecule has 1 unspecified atom stereocenters. The van der Waals surface area contributed by atoms with Crippen LogP contribution in [0.4, 0.5) is 5.69 Å². The summed E-state index contributed by atoms with van der Waals surface area (Å²) in [6.07, 6.45) is 0.506. The molecule has 0 saturated carbocycles. The fourth-order valence-electron chi connectivity index (χ4n) is 2.34. The maximum absolute atomic E-state index is 12.6. The molecule has 1 atom stereocenters. The van der Waals surface area contributed by atoms with E-state index < -0.39 is 17.7 Å². The monoisotopic (exact) mass is 331 g/mol. The van der Waals surface area contributed by atoms with Crippen LogP contribution in [0.5, 0.6) is 0 Å². The highest BCUT2D eigenvalue weighted by atomic mass is 35.5. The number of hydrazine groups is 1. The lowest BCUT2D eigenvalue weighted by molar-refractivity contribution is -0.130. The second kappa shape index (κ2) is 7.26. The summed E-state index contributed by atoms with van der Waals surface area (Å²) in [6.45, 7) is 1.85. The van der Waals surface area contributed by atoms with Crippen LogP contribution in [0.25, 0.3) is 0 Å². The standard InChI is InChI=1S/C17H18ClN3O2/c1-2-13(11-7-9-12(18)10-8-11)16(22)21(20)17(23)14-5-3-4-6-15(14)19/h3-10,13H,2,19-20H2,1H3. The Morgan fingerprint density at radius 2 is 1.74 bits per heavy atom. The molecule has 2 aromatic carbocycles. The molecule has 0 heterocycles. The quantitative estimate of drug-likeness (QED) is 0.390. The number of hydrogen-bond acceptors (Lipinski definition) is 4. The number of rotatable bonds is 4. The Morgan fingerprint density at radius 1 is 1.13 bits per heavy atom. The molecule has 23 heavy (non-hydrogen) atoms. The average molecular weight is 332 g/mol. The molecule has 6 heteroatoms. The highest BCUT2D eigenvalue weighted by molar-refractivity contribution is 6.30. The number of benzene rings is 2. The fraction of sp³-hybridized carbons (Fsp3) is 0.176. The van der Waals surface area contributed by atoms with Gasteiger partial charge in [0.2, 0.25) is 0 Å². The Bertz CT molecular complexity index is 716. The van der Waals surface area contributed by atoms with Gasteiger partial charge in [-0.25, -0.2) is 10.9 Å². The van der Waals surface area contributed by atoms with Crippen molar-refractivity contribution in [3.8, 4) is 0 Å². The first-order valence-electron chi connectivity index (χ1n) is 7.18. The highest BCUT2D eigenvalue weighted by Crippen LogP contribution is 2.24. The van der Waals surface area contributed by atoms with Crippen LogP contribution in [0.15, 0.2) is 48.5 Å². The topological polar surface area (TPSA) is 89.4 Å². The molecule has 2 amide bonds. The van der Waals surface area contributed by atoms with Crippen molar-refractivity contribution in [1.29, 1.82) is 0 Å². The lowest BCUT2D eigenvalue weighted by Gasteiger charge is -2.22. The predicted octanol–water partition coefficient (Wildman–Crippen LogP) is 2.96. The molecule has 5 nitrogen and oxygen atoms in total. The summed E-state index contributed by atoms with van der Waals surface area (Å²) in [6, 6.07) is 13.4. The number of nitrogen functional groups attached to an aromatic ring is 1. The number of anilines is 1. The van der Waals surface area contributed by atoms with Crippen molar-refractivity contribution < 1.29 is 9.59 Å². The maximum atomic E-state index is 12.6. The smallest absolute Gasteiger partial charge is 0.276 e. The Labute approximate surface area is 139 Å². The van der Waals surface area contributed by atoms with Gasteiger partial charge in [0.25, 0.3) is 11.8 Å². The third kappa shape index (κ3) is 3.70. The molecule has 0 radical (unpaired) electrons. The summed E-state index contributed by atoms with van der Waals surface area (Å²) >= 11 is 5.86. The molecule has 0 fully saturated rings. The first kappa shape index (κ1) is 17.0. The summed E-state index contributed by atoms with van der Waals surface area (Å²) < 4.78 is 0. The largest absolute Gasteiger partial charge is 0.398 e. The Hall–Kier alpha value is -2.37. The highest BCUT2D eigenvalue weighted by Gasteiger charge is 2.28. The number of nitrogens with zero attached hydrogens (tertiary/aromatic N) is 1. The van der Waals surface area contributed by atoms with E-state index in [1.807, 2.05) is 6.92 Å². The van der Waals surface area contributed by atoms with Gasteiger partial charge < -0.3 is 5.73 Å².